The van der Waals surface area contributed by atoms with E-state index in [0.29, 0.717) is 22.8 Å². The van der Waals surface area contributed by atoms with Gasteiger partial charge >= 0.3 is 11.7 Å². The van der Waals surface area contributed by atoms with Crippen LogP contribution in [0.1, 0.15) is 31.0 Å². The van der Waals surface area contributed by atoms with Crippen LogP contribution in [0, 0.1) is 0 Å². The lowest BCUT2D eigenvalue weighted by atomic mass is 10.1. The van der Waals surface area contributed by atoms with E-state index in [-0.39, 0.29) is 12.6 Å². The monoisotopic (exact) mass is 414 g/mol. The number of fused-ring (bicyclic) bond motifs is 1. The summed E-state index contributed by atoms with van der Waals surface area (Å²) >= 11 is 5.98. The summed E-state index contributed by atoms with van der Waals surface area (Å²) in [4.78, 5) is 25.8. The molecule has 1 aromatic heterocycles. The number of hydrogen-bond acceptors (Lipinski definition) is 5. The molecule has 0 saturated heterocycles. The van der Waals surface area contributed by atoms with E-state index < -0.39 is 11.7 Å². The van der Waals surface area contributed by atoms with Gasteiger partial charge in [-0.1, -0.05) is 23.7 Å². The minimum atomic E-state index is -0.554. The molecule has 6 nitrogen and oxygen atoms in total. The average molecular weight is 415 g/mol. The number of nitrogens with one attached hydrogen (secondary N) is 1. The molecule has 3 rings (SSSR count). The van der Waals surface area contributed by atoms with Crippen LogP contribution in [0.3, 0.4) is 0 Å². The Hall–Kier alpha value is -2.83. The number of rotatable bonds is 6. The molecular weight excluding hydrogens is 392 g/mol. The predicted molar refractivity (Wildman–Crippen MR) is 114 cm³/mol. The molecule has 1 N–H and O–H groups in total. The molecule has 0 aliphatic rings. The van der Waals surface area contributed by atoms with Crippen molar-refractivity contribution in [1.29, 1.82) is 0 Å². The normalized spacial score (nSPS) is 12.2. The number of benzene rings is 2. The summed E-state index contributed by atoms with van der Waals surface area (Å²) < 4.78 is 10.2. The van der Waals surface area contributed by atoms with Gasteiger partial charge < -0.3 is 9.15 Å². The molecule has 1 atom stereocenters. The number of carbonyl (C=O) groups excluding carboxylic acids is 1. The Morgan fingerprint density at radius 1 is 1.21 bits per heavy atom. The number of anilines is 1. The van der Waals surface area contributed by atoms with Gasteiger partial charge in [-0.2, -0.15) is 0 Å². The van der Waals surface area contributed by atoms with Crippen molar-refractivity contribution in [3.8, 4) is 0 Å². The van der Waals surface area contributed by atoms with Crippen molar-refractivity contribution in [3.63, 3.8) is 0 Å². The molecule has 152 valence electrons. The molecule has 1 amide bonds. The number of carbonyl (C=O) groups is 1. The van der Waals surface area contributed by atoms with Gasteiger partial charge in [0, 0.05) is 40.8 Å². The zero-order chi connectivity index (χ0) is 21.0. The van der Waals surface area contributed by atoms with E-state index in [0.717, 1.165) is 16.5 Å². The Bertz CT molecular complexity index is 1060. The highest BCUT2D eigenvalue weighted by atomic mass is 35.5. The number of ether oxygens (including phenoxy) is 1. The van der Waals surface area contributed by atoms with Gasteiger partial charge in [-0.15, -0.1) is 0 Å². The maximum absolute atomic E-state index is 12.1. The van der Waals surface area contributed by atoms with E-state index in [1.165, 1.54) is 6.07 Å². The molecule has 0 spiro atoms. The number of hydrogen-bond donors (Lipinski definition) is 1. The van der Waals surface area contributed by atoms with E-state index in [1.54, 1.807) is 19.1 Å². The summed E-state index contributed by atoms with van der Waals surface area (Å²) in [5.74, 6) is 0. The fraction of sp³-hybridized carbons (Fsp3) is 0.273. The number of halogens is 1. The van der Waals surface area contributed by atoms with Crippen molar-refractivity contribution in [2.45, 2.75) is 26.4 Å². The number of amides is 1. The molecule has 0 bridgehead atoms. The van der Waals surface area contributed by atoms with E-state index >= 15 is 0 Å². The van der Waals surface area contributed by atoms with Gasteiger partial charge in [0.2, 0.25) is 0 Å². The van der Waals surface area contributed by atoms with E-state index in [9.17, 15) is 9.59 Å². The SMILES string of the molecule is CCOC(=O)Nc1ccc2c(CN(C)C(C)c3ccc(Cl)cc3)cc(=O)oc2c1. The van der Waals surface area contributed by atoms with Crippen LogP contribution in [0.5, 0.6) is 0 Å². The summed E-state index contributed by atoms with van der Waals surface area (Å²) in [6.07, 6.45) is -0.554. The van der Waals surface area contributed by atoms with Crippen LogP contribution in [-0.4, -0.2) is 24.6 Å². The minimum Gasteiger partial charge on any atom is -0.450 e. The Kier molecular flexibility index (Phi) is 6.56. The zero-order valence-electron chi connectivity index (χ0n) is 16.6. The smallest absolute Gasteiger partial charge is 0.411 e. The summed E-state index contributed by atoms with van der Waals surface area (Å²) in [5, 5.41) is 4.13. The molecule has 0 saturated carbocycles. The second kappa shape index (κ2) is 9.11. The standard InChI is InChI=1S/C22H23ClN2O4/c1-4-28-22(27)24-18-9-10-19-16(11-21(26)29-20(19)12-18)13-25(3)14(2)15-5-7-17(23)8-6-15/h5-12,14H,4,13H2,1-3H3,(H,24,27). The van der Waals surface area contributed by atoms with E-state index in [1.807, 2.05) is 37.4 Å². The van der Waals surface area contributed by atoms with Crippen molar-refractivity contribution < 1.29 is 13.9 Å². The van der Waals surface area contributed by atoms with Crippen molar-refractivity contribution in [2.24, 2.45) is 0 Å². The molecule has 3 aromatic rings. The summed E-state index contributed by atoms with van der Waals surface area (Å²) in [7, 11) is 2.00. The van der Waals surface area contributed by atoms with Crippen molar-refractivity contribution >= 4 is 34.4 Å². The summed E-state index contributed by atoms with van der Waals surface area (Å²) in [6, 6.07) is 14.6. The maximum Gasteiger partial charge on any atom is 0.411 e. The van der Waals surface area contributed by atoms with Crippen LogP contribution in [0.15, 0.2) is 57.7 Å². The lowest BCUT2D eigenvalue weighted by Gasteiger charge is -2.25. The fourth-order valence-electron chi connectivity index (χ4n) is 3.12. The van der Waals surface area contributed by atoms with E-state index in [2.05, 4.69) is 17.1 Å². The highest BCUT2D eigenvalue weighted by Crippen LogP contribution is 2.26. The molecule has 29 heavy (non-hydrogen) atoms. The minimum absolute atomic E-state index is 0.124. The van der Waals surface area contributed by atoms with Crippen LogP contribution >= 0.6 is 11.6 Å². The molecule has 1 heterocycles. The van der Waals surface area contributed by atoms with Gasteiger partial charge in [-0.25, -0.2) is 9.59 Å². The third kappa shape index (κ3) is 5.16. The highest BCUT2D eigenvalue weighted by Gasteiger charge is 2.15. The average Bonchev–Trinajstić information content (AvgIpc) is 2.67. The molecule has 7 heteroatoms. The lowest BCUT2D eigenvalue weighted by molar-refractivity contribution is 0.168. The van der Waals surface area contributed by atoms with Gasteiger partial charge in [0.15, 0.2) is 0 Å². The molecule has 0 radical (unpaired) electrons. The Labute approximate surface area is 174 Å². The van der Waals surface area contributed by atoms with Gasteiger partial charge in [0.25, 0.3) is 0 Å². The van der Waals surface area contributed by atoms with Crippen LogP contribution < -0.4 is 10.9 Å². The Morgan fingerprint density at radius 2 is 1.93 bits per heavy atom. The first-order valence-corrected chi connectivity index (χ1v) is 9.71. The topological polar surface area (TPSA) is 71.8 Å². The second-order valence-corrected chi connectivity index (χ2v) is 7.23. The first-order chi connectivity index (χ1) is 13.9. The largest absolute Gasteiger partial charge is 0.450 e. The van der Waals surface area contributed by atoms with Gasteiger partial charge in [0.05, 0.1) is 6.61 Å². The third-order valence-corrected chi connectivity index (χ3v) is 5.04. The van der Waals surface area contributed by atoms with Crippen LogP contribution in [0.25, 0.3) is 11.0 Å². The molecule has 1 unspecified atom stereocenters. The third-order valence-electron chi connectivity index (χ3n) is 4.79. The summed E-state index contributed by atoms with van der Waals surface area (Å²) in [5.41, 5.74) is 2.45. The first kappa shape index (κ1) is 20.9. The van der Waals surface area contributed by atoms with Crippen molar-refractivity contribution in [1.82, 2.24) is 4.90 Å². The molecule has 2 aromatic carbocycles. The van der Waals surface area contributed by atoms with Gasteiger partial charge in [-0.05, 0) is 56.3 Å². The van der Waals surface area contributed by atoms with Crippen LogP contribution in [0.2, 0.25) is 5.02 Å². The molecule has 0 fully saturated rings. The molecule has 0 aliphatic heterocycles. The van der Waals surface area contributed by atoms with Crippen LogP contribution in [0.4, 0.5) is 10.5 Å². The van der Waals surface area contributed by atoms with Crippen LogP contribution in [-0.2, 0) is 11.3 Å². The second-order valence-electron chi connectivity index (χ2n) is 6.79. The molecular formula is C22H23ClN2O4. The number of nitrogens with zero attached hydrogens (tertiary/aromatic N) is 1. The summed E-state index contributed by atoms with van der Waals surface area (Å²) in [6.45, 7) is 4.65. The van der Waals surface area contributed by atoms with Crippen molar-refractivity contribution in [2.75, 3.05) is 19.0 Å². The zero-order valence-corrected chi connectivity index (χ0v) is 17.3. The Balaban J connectivity index is 1.85. The van der Waals surface area contributed by atoms with Gasteiger partial charge in [-0.3, -0.25) is 10.2 Å². The van der Waals surface area contributed by atoms with Crippen molar-refractivity contribution in [3.05, 3.63) is 75.1 Å². The molecule has 0 aliphatic carbocycles. The predicted octanol–water partition coefficient (Wildman–Crippen LogP) is 5.21. The quantitative estimate of drug-likeness (QED) is 0.561. The first-order valence-electron chi connectivity index (χ1n) is 9.33. The fourth-order valence-corrected chi connectivity index (χ4v) is 3.25. The van der Waals surface area contributed by atoms with E-state index in [4.69, 9.17) is 20.8 Å². The Morgan fingerprint density at radius 3 is 2.62 bits per heavy atom. The highest BCUT2D eigenvalue weighted by molar-refractivity contribution is 6.30. The van der Waals surface area contributed by atoms with Gasteiger partial charge in [0.1, 0.15) is 5.58 Å². The lowest BCUT2D eigenvalue weighted by Crippen LogP contribution is -2.22. The maximum atomic E-state index is 12.1.